The van der Waals surface area contributed by atoms with Crippen LogP contribution in [0.15, 0.2) is 24.4 Å². The predicted molar refractivity (Wildman–Crippen MR) is 77.7 cm³/mol. The molecule has 1 aromatic carbocycles. The number of hydrogen-bond donors (Lipinski definition) is 1. The highest BCUT2D eigenvalue weighted by Crippen LogP contribution is 2.24. The lowest BCUT2D eigenvalue weighted by Gasteiger charge is -2.07. The van der Waals surface area contributed by atoms with Crippen LogP contribution in [0.1, 0.15) is 11.3 Å². The van der Waals surface area contributed by atoms with Crippen LogP contribution in [0.25, 0.3) is 11.0 Å². The van der Waals surface area contributed by atoms with Gasteiger partial charge >= 0.3 is 0 Å². The molecule has 0 aliphatic carbocycles. The molecule has 6 nitrogen and oxygen atoms in total. The van der Waals surface area contributed by atoms with Crippen molar-refractivity contribution in [1.29, 1.82) is 0 Å². The number of aromatic nitrogens is 4. The summed E-state index contributed by atoms with van der Waals surface area (Å²) in [5, 5.41) is 4.26. The van der Waals surface area contributed by atoms with E-state index < -0.39 is 0 Å². The first-order valence-corrected chi connectivity index (χ1v) is 6.37. The van der Waals surface area contributed by atoms with Crippen molar-refractivity contribution < 1.29 is 4.74 Å². The molecule has 0 amide bonds. The summed E-state index contributed by atoms with van der Waals surface area (Å²) in [5.41, 5.74) is 10.1. The van der Waals surface area contributed by atoms with Gasteiger partial charge < -0.3 is 15.0 Å². The third kappa shape index (κ3) is 1.89. The minimum absolute atomic E-state index is 0.497. The molecule has 0 atom stereocenters. The first-order valence-electron chi connectivity index (χ1n) is 6.37. The molecule has 2 aromatic heterocycles. The Morgan fingerprint density at radius 2 is 2.15 bits per heavy atom. The Labute approximate surface area is 116 Å². The number of rotatable bonds is 3. The number of nitrogens with zero attached hydrogens (tertiary/aromatic N) is 4. The molecule has 0 bridgehead atoms. The van der Waals surface area contributed by atoms with Crippen LogP contribution < -0.4 is 10.5 Å². The Hall–Kier alpha value is -2.50. The number of ether oxygens (including phenoxy) is 1. The largest absolute Gasteiger partial charge is 0.497 e. The number of methoxy groups -OCH3 is 1. The summed E-state index contributed by atoms with van der Waals surface area (Å²) >= 11 is 0. The van der Waals surface area contributed by atoms with Crippen LogP contribution in [-0.4, -0.2) is 26.4 Å². The third-order valence-electron chi connectivity index (χ3n) is 3.65. The van der Waals surface area contributed by atoms with E-state index in [2.05, 4.69) is 10.1 Å². The van der Waals surface area contributed by atoms with E-state index in [4.69, 9.17) is 10.5 Å². The highest BCUT2D eigenvalue weighted by Gasteiger charge is 2.12. The number of benzene rings is 1. The zero-order valence-electron chi connectivity index (χ0n) is 11.8. The molecule has 2 heterocycles. The third-order valence-corrected chi connectivity index (χ3v) is 3.65. The predicted octanol–water partition coefficient (Wildman–Crippen LogP) is 1.72. The van der Waals surface area contributed by atoms with Crippen LogP contribution >= 0.6 is 0 Å². The molecule has 2 N–H and O–H groups in total. The molecule has 3 rings (SSSR count). The lowest BCUT2D eigenvalue weighted by atomic mass is 10.2. The summed E-state index contributed by atoms with van der Waals surface area (Å²) in [6, 6.07) is 5.75. The van der Waals surface area contributed by atoms with Gasteiger partial charge in [-0.05, 0) is 19.1 Å². The summed E-state index contributed by atoms with van der Waals surface area (Å²) in [4.78, 5) is 4.38. The van der Waals surface area contributed by atoms with Crippen molar-refractivity contribution >= 4 is 17.0 Å². The van der Waals surface area contributed by atoms with E-state index >= 15 is 0 Å². The van der Waals surface area contributed by atoms with Gasteiger partial charge in [0.05, 0.1) is 30.9 Å². The number of aryl methyl sites for hydroxylation is 1. The van der Waals surface area contributed by atoms with Crippen molar-refractivity contribution in [3.05, 3.63) is 35.7 Å². The van der Waals surface area contributed by atoms with Crippen LogP contribution in [0, 0.1) is 6.92 Å². The van der Waals surface area contributed by atoms with Gasteiger partial charge in [-0.15, -0.1) is 0 Å². The normalized spacial score (nSPS) is 11.2. The average Bonchev–Trinajstić information content (AvgIpc) is 2.93. The van der Waals surface area contributed by atoms with Gasteiger partial charge in [0.25, 0.3) is 0 Å². The molecule has 0 aliphatic rings. The molecule has 0 saturated carbocycles. The maximum Gasteiger partial charge on any atom is 0.201 e. The Morgan fingerprint density at radius 3 is 2.80 bits per heavy atom. The highest BCUT2D eigenvalue weighted by atomic mass is 16.5. The van der Waals surface area contributed by atoms with E-state index in [0.29, 0.717) is 12.5 Å². The second-order valence-corrected chi connectivity index (χ2v) is 4.79. The molecule has 0 unspecified atom stereocenters. The van der Waals surface area contributed by atoms with Crippen LogP contribution in [-0.2, 0) is 13.6 Å². The fraction of sp³-hybridized carbons (Fsp3) is 0.286. The molecule has 0 spiro atoms. The number of nitrogens with two attached hydrogens (primary N) is 1. The van der Waals surface area contributed by atoms with Crippen molar-refractivity contribution in [2.24, 2.45) is 7.05 Å². The molecule has 104 valence electrons. The highest BCUT2D eigenvalue weighted by molar-refractivity contribution is 5.80. The number of imidazole rings is 1. The minimum Gasteiger partial charge on any atom is -0.497 e. The van der Waals surface area contributed by atoms with Crippen LogP contribution in [0.5, 0.6) is 5.75 Å². The molecule has 0 fully saturated rings. The smallest absolute Gasteiger partial charge is 0.201 e. The van der Waals surface area contributed by atoms with Crippen LogP contribution in [0.4, 0.5) is 5.95 Å². The second kappa shape index (κ2) is 4.56. The van der Waals surface area contributed by atoms with Crippen LogP contribution in [0.3, 0.4) is 0 Å². The monoisotopic (exact) mass is 271 g/mol. The van der Waals surface area contributed by atoms with Crippen molar-refractivity contribution in [2.75, 3.05) is 12.8 Å². The second-order valence-electron chi connectivity index (χ2n) is 4.79. The summed E-state index contributed by atoms with van der Waals surface area (Å²) in [5.74, 6) is 1.29. The number of nitrogen functional groups attached to an aromatic ring is 1. The molecule has 0 saturated heterocycles. The van der Waals surface area contributed by atoms with E-state index in [1.165, 1.54) is 0 Å². The number of fused-ring (bicyclic) bond motifs is 1. The van der Waals surface area contributed by atoms with Gasteiger partial charge in [-0.2, -0.15) is 5.10 Å². The van der Waals surface area contributed by atoms with Gasteiger partial charge in [0.15, 0.2) is 0 Å². The fourth-order valence-electron chi connectivity index (χ4n) is 2.28. The Balaban J connectivity index is 2.10. The van der Waals surface area contributed by atoms with Crippen molar-refractivity contribution in [2.45, 2.75) is 13.5 Å². The maximum absolute atomic E-state index is 6.03. The van der Waals surface area contributed by atoms with Gasteiger partial charge in [0.2, 0.25) is 5.95 Å². The van der Waals surface area contributed by atoms with Gasteiger partial charge in [0.1, 0.15) is 5.75 Å². The number of hydrogen-bond acceptors (Lipinski definition) is 4. The van der Waals surface area contributed by atoms with Gasteiger partial charge in [-0.1, -0.05) is 0 Å². The van der Waals surface area contributed by atoms with Gasteiger partial charge in [0, 0.05) is 24.4 Å². The van der Waals surface area contributed by atoms with Gasteiger partial charge in [-0.3, -0.25) is 4.68 Å². The first-order chi connectivity index (χ1) is 9.60. The van der Waals surface area contributed by atoms with Crippen molar-refractivity contribution in [3.8, 4) is 5.75 Å². The molecule has 0 radical (unpaired) electrons. The Kier molecular flexibility index (Phi) is 2.85. The Bertz CT molecular complexity index is 771. The average molecular weight is 271 g/mol. The maximum atomic E-state index is 6.03. The molecule has 20 heavy (non-hydrogen) atoms. The summed E-state index contributed by atoms with van der Waals surface area (Å²) < 4.78 is 9.09. The Morgan fingerprint density at radius 1 is 1.35 bits per heavy atom. The van der Waals surface area contributed by atoms with E-state index in [0.717, 1.165) is 28.0 Å². The van der Waals surface area contributed by atoms with E-state index in [-0.39, 0.29) is 0 Å². The van der Waals surface area contributed by atoms with E-state index in [1.54, 1.807) is 7.11 Å². The fourth-order valence-corrected chi connectivity index (χ4v) is 2.28. The first kappa shape index (κ1) is 12.5. The SMILES string of the molecule is COc1ccc2nc(N)n(Cc3cnn(C)c3C)c2c1. The quantitative estimate of drug-likeness (QED) is 0.787. The van der Waals surface area contributed by atoms with E-state index in [1.807, 2.05) is 47.6 Å². The summed E-state index contributed by atoms with van der Waals surface area (Å²) in [6.07, 6.45) is 1.86. The summed E-state index contributed by atoms with van der Waals surface area (Å²) in [6.45, 7) is 2.69. The van der Waals surface area contributed by atoms with Gasteiger partial charge in [-0.25, -0.2) is 4.98 Å². The minimum atomic E-state index is 0.497. The molecule has 3 aromatic rings. The summed E-state index contributed by atoms with van der Waals surface area (Å²) in [7, 11) is 3.58. The molecular formula is C14H17N5O. The zero-order chi connectivity index (χ0) is 14.3. The lowest BCUT2D eigenvalue weighted by Crippen LogP contribution is -2.05. The van der Waals surface area contributed by atoms with E-state index in [9.17, 15) is 0 Å². The standard InChI is InChI=1S/C14H17N5O/c1-9-10(7-16-18(9)2)8-19-13-6-11(20-3)4-5-12(13)17-14(19)15/h4-7H,8H2,1-3H3,(H2,15,17). The number of anilines is 1. The molecule has 0 aliphatic heterocycles. The van der Waals surface area contributed by atoms with Crippen molar-refractivity contribution in [1.82, 2.24) is 19.3 Å². The van der Waals surface area contributed by atoms with Crippen LogP contribution in [0.2, 0.25) is 0 Å². The lowest BCUT2D eigenvalue weighted by molar-refractivity contribution is 0.415. The zero-order valence-corrected chi connectivity index (χ0v) is 11.8. The topological polar surface area (TPSA) is 70.9 Å². The molecular weight excluding hydrogens is 254 g/mol. The molecule has 6 heteroatoms. The van der Waals surface area contributed by atoms with Crippen molar-refractivity contribution in [3.63, 3.8) is 0 Å².